The van der Waals surface area contributed by atoms with E-state index in [4.69, 9.17) is 5.14 Å². The van der Waals surface area contributed by atoms with Crippen molar-refractivity contribution in [2.75, 3.05) is 0 Å². The molecule has 0 heterocycles. The van der Waals surface area contributed by atoms with Crippen LogP contribution in [0, 0.1) is 12.7 Å². The molecule has 0 radical (unpaired) electrons. The van der Waals surface area contributed by atoms with Crippen LogP contribution in [0.25, 0.3) is 0 Å². The Labute approximate surface area is 83.9 Å². The van der Waals surface area contributed by atoms with Crippen LogP contribution in [0.15, 0.2) is 21.5 Å². The molecule has 0 fully saturated rings. The largest absolute Gasteiger partial charge is 0.239 e. The number of sulfonamides is 1. The lowest BCUT2D eigenvalue weighted by Crippen LogP contribution is -2.13. The van der Waals surface area contributed by atoms with Crippen molar-refractivity contribution in [2.45, 2.75) is 11.8 Å². The van der Waals surface area contributed by atoms with Crippen LogP contribution in [0.3, 0.4) is 0 Å². The predicted molar refractivity (Wildman–Crippen MR) is 50.2 cm³/mol. The zero-order chi connectivity index (χ0) is 10.2. The second-order valence-electron chi connectivity index (χ2n) is 2.58. The highest BCUT2D eigenvalue weighted by Crippen LogP contribution is 2.23. The molecule has 1 aromatic rings. The van der Waals surface area contributed by atoms with E-state index in [0.29, 0.717) is 5.56 Å². The van der Waals surface area contributed by atoms with E-state index in [0.717, 1.165) is 6.07 Å². The van der Waals surface area contributed by atoms with E-state index in [9.17, 15) is 12.8 Å². The quantitative estimate of drug-likeness (QED) is 0.839. The van der Waals surface area contributed by atoms with Crippen molar-refractivity contribution in [1.29, 1.82) is 0 Å². The number of aryl methyl sites for hydroxylation is 1. The van der Waals surface area contributed by atoms with Gasteiger partial charge in [-0.05, 0) is 40.5 Å². The van der Waals surface area contributed by atoms with Gasteiger partial charge in [-0.2, -0.15) is 0 Å². The van der Waals surface area contributed by atoms with E-state index in [1.54, 1.807) is 0 Å². The fourth-order valence-corrected chi connectivity index (χ4v) is 2.58. The van der Waals surface area contributed by atoms with Gasteiger partial charge >= 0.3 is 0 Å². The molecule has 0 aliphatic carbocycles. The van der Waals surface area contributed by atoms with Crippen LogP contribution >= 0.6 is 15.9 Å². The molecule has 1 aromatic carbocycles. The molecule has 13 heavy (non-hydrogen) atoms. The Balaban J connectivity index is 3.50. The first-order valence-electron chi connectivity index (χ1n) is 3.31. The normalized spacial score (nSPS) is 11.7. The smallest absolute Gasteiger partial charge is 0.225 e. The SMILES string of the molecule is Cc1cc(Br)c(S(N)(=O)=O)cc1F. The average Bonchev–Trinajstić information content (AvgIpc) is 1.94. The molecule has 6 heteroatoms. The summed E-state index contributed by atoms with van der Waals surface area (Å²) in [4.78, 5) is -0.240. The van der Waals surface area contributed by atoms with E-state index in [2.05, 4.69) is 15.9 Å². The molecule has 0 saturated heterocycles. The van der Waals surface area contributed by atoms with Crippen molar-refractivity contribution in [3.8, 4) is 0 Å². The Kier molecular flexibility index (Phi) is 2.74. The molecule has 0 bridgehead atoms. The second kappa shape index (κ2) is 3.36. The summed E-state index contributed by atoms with van der Waals surface area (Å²) >= 11 is 2.99. The predicted octanol–water partition coefficient (Wildman–Crippen LogP) is 1.54. The maximum Gasteiger partial charge on any atom is 0.239 e. The summed E-state index contributed by atoms with van der Waals surface area (Å²) in [6.07, 6.45) is 0. The minimum atomic E-state index is -3.86. The van der Waals surface area contributed by atoms with Gasteiger partial charge in [0.1, 0.15) is 5.82 Å². The third-order valence-corrected chi connectivity index (χ3v) is 3.39. The summed E-state index contributed by atoms with van der Waals surface area (Å²) in [5.41, 5.74) is 0.360. The lowest BCUT2D eigenvalue weighted by atomic mass is 10.2. The van der Waals surface area contributed by atoms with Gasteiger partial charge in [0.25, 0.3) is 0 Å². The Hall–Kier alpha value is -0.460. The fourth-order valence-electron chi connectivity index (χ4n) is 0.846. The van der Waals surface area contributed by atoms with Crippen molar-refractivity contribution >= 4 is 26.0 Å². The summed E-state index contributed by atoms with van der Waals surface area (Å²) in [5.74, 6) is -0.591. The standard InChI is InChI=1S/C7H7BrFNO2S/c1-4-2-5(8)7(3-6(4)9)13(10,11)12/h2-3H,1H3,(H2,10,11,12). The topological polar surface area (TPSA) is 60.2 Å². The van der Waals surface area contributed by atoms with Gasteiger partial charge in [0.15, 0.2) is 0 Å². The molecule has 72 valence electrons. The minimum Gasteiger partial charge on any atom is -0.225 e. The third kappa shape index (κ3) is 2.26. The summed E-state index contributed by atoms with van der Waals surface area (Å²) in [5, 5.41) is 4.85. The second-order valence-corrected chi connectivity index (χ2v) is 4.96. The Morgan fingerprint density at radius 1 is 1.46 bits per heavy atom. The van der Waals surface area contributed by atoms with Gasteiger partial charge in [0.05, 0.1) is 4.90 Å². The van der Waals surface area contributed by atoms with Crippen molar-refractivity contribution in [1.82, 2.24) is 0 Å². The van der Waals surface area contributed by atoms with Crippen LogP contribution in [0.5, 0.6) is 0 Å². The number of halogens is 2. The first-order valence-corrected chi connectivity index (χ1v) is 5.65. The molecule has 0 aromatic heterocycles. The Morgan fingerprint density at radius 2 is 2.00 bits per heavy atom. The molecule has 0 unspecified atom stereocenters. The van der Waals surface area contributed by atoms with Gasteiger partial charge in [-0.1, -0.05) is 0 Å². The number of primary sulfonamides is 1. The lowest BCUT2D eigenvalue weighted by molar-refractivity contribution is 0.589. The van der Waals surface area contributed by atoms with Crippen molar-refractivity contribution < 1.29 is 12.8 Å². The highest BCUT2D eigenvalue weighted by molar-refractivity contribution is 9.10. The molecule has 1 rings (SSSR count). The van der Waals surface area contributed by atoms with Gasteiger partial charge < -0.3 is 0 Å². The van der Waals surface area contributed by atoms with Gasteiger partial charge in [-0.25, -0.2) is 17.9 Å². The van der Waals surface area contributed by atoms with E-state index < -0.39 is 15.8 Å². The van der Waals surface area contributed by atoms with Gasteiger partial charge in [0.2, 0.25) is 10.0 Å². The highest BCUT2D eigenvalue weighted by Gasteiger charge is 2.14. The van der Waals surface area contributed by atoms with Crippen molar-refractivity contribution in [2.24, 2.45) is 5.14 Å². The molecule has 0 amide bonds. The first-order chi connectivity index (χ1) is 5.82. The van der Waals surface area contributed by atoms with Crippen LogP contribution < -0.4 is 5.14 Å². The number of benzene rings is 1. The van der Waals surface area contributed by atoms with Crippen LogP contribution in [0.4, 0.5) is 4.39 Å². The summed E-state index contributed by atoms with van der Waals surface area (Å²) in [6, 6.07) is 2.27. The zero-order valence-corrected chi connectivity index (χ0v) is 9.12. The fraction of sp³-hybridized carbons (Fsp3) is 0.143. The van der Waals surface area contributed by atoms with Crippen LogP contribution in [-0.4, -0.2) is 8.42 Å². The first kappa shape index (κ1) is 10.6. The molecule has 0 aliphatic heterocycles. The third-order valence-electron chi connectivity index (χ3n) is 1.52. The van der Waals surface area contributed by atoms with Crippen molar-refractivity contribution in [3.05, 3.63) is 28.0 Å². The molecule has 0 spiro atoms. The van der Waals surface area contributed by atoms with E-state index in [1.165, 1.54) is 13.0 Å². The average molecular weight is 268 g/mol. The summed E-state index contributed by atoms with van der Waals surface area (Å²) in [6.45, 7) is 1.53. The van der Waals surface area contributed by atoms with Crippen LogP contribution in [0.2, 0.25) is 0 Å². The van der Waals surface area contributed by atoms with E-state index >= 15 is 0 Å². The van der Waals surface area contributed by atoms with Gasteiger partial charge in [-0.15, -0.1) is 0 Å². The van der Waals surface area contributed by atoms with Crippen LogP contribution in [0.1, 0.15) is 5.56 Å². The summed E-state index contributed by atoms with van der Waals surface area (Å²) < 4.78 is 35.0. The van der Waals surface area contributed by atoms with E-state index in [1.807, 2.05) is 0 Å². The maximum absolute atomic E-state index is 12.9. The molecule has 3 nitrogen and oxygen atoms in total. The van der Waals surface area contributed by atoms with Gasteiger partial charge in [-0.3, -0.25) is 0 Å². The molecule has 0 aliphatic rings. The number of hydrogen-bond acceptors (Lipinski definition) is 2. The highest BCUT2D eigenvalue weighted by atomic mass is 79.9. The summed E-state index contributed by atoms with van der Waals surface area (Å²) in [7, 11) is -3.86. The molecular formula is C7H7BrFNO2S. The number of nitrogens with two attached hydrogens (primary N) is 1. The Bertz CT molecular complexity index is 444. The molecular weight excluding hydrogens is 261 g/mol. The van der Waals surface area contributed by atoms with Crippen LogP contribution in [-0.2, 0) is 10.0 Å². The van der Waals surface area contributed by atoms with Gasteiger partial charge in [0, 0.05) is 4.47 Å². The monoisotopic (exact) mass is 267 g/mol. The van der Waals surface area contributed by atoms with Crippen molar-refractivity contribution in [3.63, 3.8) is 0 Å². The number of hydrogen-bond donors (Lipinski definition) is 1. The zero-order valence-electron chi connectivity index (χ0n) is 6.71. The van der Waals surface area contributed by atoms with E-state index in [-0.39, 0.29) is 9.37 Å². The maximum atomic E-state index is 12.9. The number of rotatable bonds is 1. The molecule has 2 N–H and O–H groups in total. The minimum absolute atomic E-state index is 0.240. The Morgan fingerprint density at radius 3 is 2.46 bits per heavy atom. The molecule has 0 saturated carbocycles. The molecule has 0 atom stereocenters. The lowest BCUT2D eigenvalue weighted by Gasteiger charge is -2.03.